The van der Waals surface area contributed by atoms with Crippen LogP contribution in [0.15, 0.2) is 48.5 Å². The second kappa shape index (κ2) is 13.6. The standard InChI is InChI=1S/C24H33ClO6/c1-24(2,20-5-9-23(10-6-20)31-18-21(27)17-25)19-3-7-22(8-4-19)30-16-15-29-14-13-28-12-11-26/h3-10,21,26-27H,11-18H2,1-2H3. The molecule has 0 aliphatic heterocycles. The van der Waals surface area contributed by atoms with E-state index >= 15 is 0 Å². The molecule has 0 fully saturated rings. The number of hydrogen-bond acceptors (Lipinski definition) is 6. The first kappa shape index (κ1) is 25.4. The zero-order chi connectivity index (χ0) is 22.5. The van der Waals surface area contributed by atoms with Crippen LogP contribution in [-0.2, 0) is 14.9 Å². The molecule has 1 unspecified atom stereocenters. The normalized spacial score (nSPS) is 12.5. The monoisotopic (exact) mass is 452 g/mol. The molecule has 1 atom stereocenters. The first-order valence-electron chi connectivity index (χ1n) is 10.4. The Morgan fingerprint density at radius 2 is 1.26 bits per heavy atom. The summed E-state index contributed by atoms with van der Waals surface area (Å²) in [5.74, 6) is 1.65. The lowest BCUT2D eigenvalue weighted by atomic mass is 9.78. The number of alkyl halides is 1. The van der Waals surface area contributed by atoms with Crippen molar-refractivity contribution < 1.29 is 29.2 Å². The van der Waals surface area contributed by atoms with Crippen molar-refractivity contribution in [1.29, 1.82) is 0 Å². The van der Waals surface area contributed by atoms with Crippen molar-refractivity contribution in [1.82, 2.24) is 0 Å². The molecule has 6 nitrogen and oxygen atoms in total. The quantitative estimate of drug-likeness (QED) is 0.318. The molecule has 0 saturated carbocycles. The van der Waals surface area contributed by atoms with Gasteiger partial charge in [-0.25, -0.2) is 0 Å². The van der Waals surface area contributed by atoms with E-state index in [4.69, 9.17) is 35.7 Å². The lowest BCUT2D eigenvalue weighted by Crippen LogP contribution is -2.20. The third-order valence-electron chi connectivity index (χ3n) is 4.88. The van der Waals surface area contributed by atoms with Crippen LogP contribution >= 0.6 is 11.6 Å². The highest BCUT2D eigenvalue weighted by molar-refractivity contribution is 6.18. The van der Waals surface area contributed by atoms with Gasteiger partial charge in [0, 0.05) is 5.41 Å². The Kier molecular flexibility index (Phi) is 11.1. The van der Waals surface area contributed by atoms with Gasteiger partial charge in [-0.1, -0.05) is 38.1 Å². The van der Waals surface area contributed by atoms with E-state index in [0.29, 0.717) is 38.8 Å². The maximum Gasteiger partial charge on any atom is 0.119 e. The highest BCUT2D eigenvalue weighted by Gasteiger charge is 2.23. The average molecular weight is 453 g/mol. The number of ether oxygens (including phenoxy) is 4. The Labute approximate surface area is 189 Å². The number of hydrogen-bond donors (Lipinski definition) is 2. The molecule has 0 saturated heterocycles. The van der Waals surface area contributed by atoms with Crippen molar-refractivity contribution in [3.05, 3.63) is 59.7 Å². The summed E-state index contributed by atoms with van der Waals surface area (Å²) in [6, 6.07) is 16.0. The van der Waals surface area contributed by atoms with Crippen molar-refractivity contribution in [3.63, 3.8) is 0 Å². The molecule has 0 bridgehead atoms. The molecule has 2 N–H and O–H groups in total. The topological polar surface area (TPSA) is 77.4 Å². The molecule has 0 aliphatic carbocycles. The Morgan fingerprint density at radius 3 is 1.77 bits per heavy atom. The summed E-state index contributed by atoms with van der Waals surface area (Å²) in [5.41, 5.74) is 2.14. The molecule has 2 rings (SSSR count). The predicted molar refractivity (Wildman–Crippen MR) is 121 cm³/mol. The van der Waals surface area contributed by atoms with E-state index in [2.05, 4.69) is 26.0 Å². The van der Waals surface area contributed by atoms with Gasteiger partial charge in [0.2, 0.25) is 0 Å². The highest BCUT2D eigenvalue weighted by Crippen LogP contribution is 2.33. The zero-order valence-corrected chi connectivity index (χ0v) is 19.0. The molecule has 0 radical (unpaired) electrons. The van der Waals surface area contributed by atoms with Crippen molar-refractivity contribution in [2.45, 2.75) is 25.4 Å². The smallest absolute Gasteiger partial charge is 0.119 e. The van der Waals surface area contributed by atoms with Crippen LogP contribution in [0.5, 0.6) is 11.5 Å². The summed E-state index contributed by atoms with van der Waals surface area (Å²) in [7, 11) is 0. The van der Waals surface area contributed by atoms with Gasteiger partial charge in [-0.05, 0) is 35.4 Å². The van der Waals surface area contributed by atoms with Crippen LogP contribution in [-0.4, -0.2) is 68.4 Å². The molecular formula is C24H33ClO6. The van der Waals surface area contributed by atoms with E-state index in [1.807, 2.05) is 36.4 Å². The van der Waals surface area contributed by atoms with E-state index in [1.165, 1.54) is 5.56 Å². The Bertz CT molecular complexity index is 733. The number of halogens is 1. The number of aliphatic hydroxyl groups excluding tert-OH is 2. The molecule has 0 aliphatic rings. The largest absolute Gasteiger partial charge is 0.491 e. The minimum Gasteiger partial charge on any atom is -0.491 e. The van der Waals surface area contributed by atoms with Crippen LogP contribution in [0.1, 0.15) is 25.0 Å². The zero-order valence-electron chi connectivity index (χ0n) is 18.3. The van der Waals surface area contributed by atoms with Gasteiger partial charge >= 0.3 is 0 Å². The van der Waals surface area contributed by atoms with Crippen LogP contribution in [0, 0.1) is 0 Å². The fraction of sp³-hybridized carbons (Fsp3) is 0.500. The summed E-state index contributed by atoms with van der Waals surface area (Å²) in [6.07, 6.45) is -0.670. The molecule has 2 aromatic carbocycles. The van der Waals surface area contributed by atoms with Gasteiger partial charge in [0.1, 0.15) is 30.8 Å². The number of benzene rings is 2. The van der Waals surface area contributed by atoms with E-state index < -0.39 is 6.10 Å². The summed E-state index contributed by atoms with van der Waals surface area (Å²) < 4.78 is 21.8. The van der Waals surface area contributed by atoms with Crippen LogP contribution in [0.4, 0.5) is 0 Å². The van der Waals surface area contributed by atoms with Crippen molar-refractivity contribution in [3.8, 4) is 11.5 Å². The molecular weight excluding hydrogens is 420 g/mol. The van der Waals surface area contributed by atoms with Crippen LogP contribution in [0.2, 0.25) is 0 Å². The third kappa shape index (κ3) is 8.67. The minimum absolute atomic E-state index is 0.0235. The summed E-state index contributed by atoms with van der Waals surface area (Å²) in [6.45, 7) is 6.76. The SMILES string of the molecule is CC(C)(c1ccc(OCCOCCOCCO)cc1)c1ccc(OCC(O)CCl)cc1. The Morgan fingerprint density at radius 1 is 0.774 bits per heavy atom. The van der Waals surface area contributed by atoms with Crippen molar-refractivity contribution in [2.75, 3.05) is 52.1 Å². The van der Waals surface area contributed by atoms with Crippen LogP contribution in [0.3, 0.4) is 0 Å². The predicted octanol–water partition coefficient (Wildman–Crippen LogP) is 3.40. The van der Waals surface area contributed by atoms with Crippen LogP contribution in [0.25, 0.3) is 0 Å². The Balaban J connectivity index is 1.82. The van der Waals surface area contributed by atoms with Crippen molar-refractivity contribution in [2.24, 2.45) is 0 Å². The molecule has 0 spiro atoms. The van der Waals surface area contributed by atoms with E-state index in [-0.39, 0.29) is 24.5 Å². The molecule has 0 amide bonds. The van der Waals surface area contributed by atoms with E-state index in [0.717, 1.165) is 11.3 Å². The third-order valence-corrected chi connectivity index (χ3v) is 5.23. The van der Waals surface area contributed by atoms with Crippen molar-refractivity contribution >= 4 is 11.6 Å². The summed E-state index contributed by atoms with van der Waals surface area (Å²) in [5, 5.41) is 18.1. The first-order valence-corrected chi connectivity index (χ1v) is 11.0. The maximum absolute atomic E-state index is 9.51. The number of rotatable bonds is 15. The molecule has 172 valence electrons. The van der Waals surface area contributed by atoms with E-state index in [1.54, 1.807) is 0 Å². The summed E-state index contributed by atoms with van der Waals surface area (Å²) in [4.78, 5) is 0. The van der Waals surface area contributed by atoms with Gasteiger partial charge in [0.15, 0.2) is 0 Å². The second-order valence-corrected chi connectivity index (χ2v) is 7.90. The average Bonchev–Trinajstić information content (AvgIpc) is 2.79. The molecule has 31 heavy (non-hydrogen) atoms. The van der Waals surface area contributed by atoms with Gasteiger partial charge in [0.05, 0.1) is 38.9 Å². The lowest BCUT2D eigenvalue weighted by molar-refractivity contribution is 0.0247. The highest BCUT2D eigenvalue weighted by atomic mass is 35.5. The maximum atomic E-state index is 9.51. The minimum atomic E-state index is -0.670. The van der Waals surface area contributed by atoms with Gasteiger partial charge in [0.25, 0.3) is 0 Å². The second-order valence-electron chi connectivity index (χ2n) is 7.59. The summed E-state index contributed by atoms with van der Waals surface area (Å²) >= 11 is 5.59. The fourth-order valence-corrected chi connectivity index (χ4v) is 3.03. The molecule has 7 heteroatoms. The first-order chi connectivity index (χ1) is 15.0. The molecule has 2 aromatic rings. The molecule has 0 aromatic heterocycles. The van der Waals surface area contributed by atoms with Crippen LogP contribution < -0.4 is 9.47 Å². The van der Waals surface area contributed by atoms with E-state index in [9.17, 15) is 5.11 Å². The van der Waals surface area contributed by atoms with Gasteiger partial charge in [-0.2, -0.15) is 0 Å². The Hall–Kier alpha value is -1.83. The van der Waals surface area contributed by atoms with Gasteiger partial charge in [-0.15, -0.1) is 11.6 Å². The van der Waals surface area contributed by atoms with Gasteiger partial charge in [-0.3, -0.25) is 0 Å². The fourth-order valence-electron chi connectivity index (χ4n) is 2.94. The molecule has 0 heterocycles. The van der Waals surface area contributed by atoms with Gasteiger partial charge < -0.3 is 29.2 Å². The lowest BCUT2D eigenvalue weighted by Gasteiger charge is -2.26. The number of aliphatic hydroxyl groups is 2.